The Hall–Kier alpha value is -2.94. The van der Waals surface area contributed by atoms with Gasteiger partial charge in [-0.15, -0.1) is 0 Å². The topological polar surface area (TPSA) is 80.0 Å². The number of alkyl halides is 3. The van der Waals surface area contributed by atoms with Crippen LogP contribution in [0.15, 0.2) is 36.5 Å². The second-order valence-electron chi connectivity index (χ2n) is 9.57. The summed E-state index contributed by atoms with van der Waals surface area (Å²) in [4.78, 5) is 16.2. The van der Waals surface area contributed by atoms with Crippen LogP contribution in [0.2, 0.25) is 0 Å². The van der Waals surface area contributed by atoms with Crippen LogP contribution in [0, 0.1) is 5.92 Å². The van der Waals surface area contributed by atoms with E-state index in [1.807, 2.05) is 10.9 Å². The predicted molar refractivity (Wildman–Crippen MR) is 123 cm³/mol. The van der Waals surface area contributed by atoms with Gasteiger partial charge in [0.25, 0.3) is 5.91 Å². The van der Waals surface area contributed by atoms with Gasteiger partial charge in [-0.2, -0.15) is 18.3 Å². The zero-order valence-corrected chi connectivity index (χ0v) is 19.5. The average molecular weight is 475 g/mol. The molecule has 0 aliphatic heterocycles. The minimum absolute atomic E-state index is 0.299. The number of hydrogen-bond donors (Lipinski definition) is 2. The van der Waals surface area contributed by atoms with E-state index in [1.165, 1.54) is 12.5 Å². The molecule has 0 radical (unpaired) electrons. The summed E-state index contributed by atoms with van der Waals surface area (Å²) in [6.45, 7) is 5.38. The lowest BCUT2D eigenvalue weighted by molar-refractivity contribution is -0.141. The van der Waals surface area contributed by atoms with Crippen LogP contribution in [0.4, 0.5) is 18.9 Å². The summed E-state index contributed by atoms with van der Waals surface area (Å²) >= 11 is 0. The van der Waals surface area contributed by atoms with Crippen LogP contribution in [-0.2, 0) is 11.8 Å². The van der Waals surface area contributed by atoms with Crippen molar-refractivity contribution in [2.45, 2.75) is 70.7 Å². The molecule has 2 aromatic heterocycles. The van der Waals surface area contributed by atoms with Crippen LogP contribution in [0.3, 0.4) is 0 Å². The first-order valence-electron chi connectivity index (χ1n) is 11.6. The molecule has 1 amide bonds. The zero-order chi connectivity index (χ0) is 24.7. The number of nitrogens with one attached hydrogen (secondary N) is 1. The third-order valence-corrected chi connectivity index (χ3v) is 6.61. The molecule has 0 atom stereocenters. The van der Waals surface area contributed by atoms with Gasteiger partial charge >= 0.3 is 6.18 Å². The van der Waals surface area contributed by atoms with Gasteiger partial charge in [0.15, 0.2) is 0 Å². The van der Waals surface area contributed by atoms with E-state index >= 15 is 0 Å². The van der Waals surface area contributed by atoms with Gasteiger partial charge < -0.3 is 10.4 Å². The smallest absolute Gasteiger partial charge is 0.386 e. The van der Waals surface area contributed by atoms with E-state index in [-0.39, 0.29) is 5.69 Å². The second-order valence-corrected chi connectivity index (χ2v) is 9.57. The molecule has 2 heterocycles. The summed E-state index contributed by atoms with van der Waals surface area (Å²) < 4.78 is 41.0. The van der Waals surface area contributed by atoms with E-state index in [0.29, 0.717) is 22.8 Å². The molecule has 0 unspecified atom stereocenters. The molecule has 182 valence electrons. The lowest BCUT2D eigenvalue weighted by Gasteiger charge is -2.27. The molecule has 0 bridgehead atoms. The van der Waals surface area contributed by atoms with Crippen LogP contribution in [0.25, 0.3) is 10.9 Å². The van der Waals surface area contributed by atoms with Crippen molar-refractivity contribution in [1.82, 2.24) is 14.8 Å². The first kappa shape index (κ1) is 24.2. The van der Waals surface area contributed by atoms with Gasteiger partial charge in [-0.1, -0.05) is 19.4 Å². The maximum Gasteiger partial charge on any atom is 0.433 e. The van der Waals surface area contributed by atoms with Crippen molar-refractivity contribution < 1.29 is 23.1 Å². The van der Waals surface area contributed by atoms with Gasteiger partial charge in [-0.05, 0) is 69.7 Å². The Morgan fingerprint density at radius 1 is 1.18 bits per heavy atom. The normalized spacial score (nSPS) is 19.4. The third-order valence-electron chi connectivity index (χ3n) is 6.61. The Morgan fingerprint density at radius 2 is 1.88 bits per heavy atom. The van der Waals surface area contributed by atoms with Crippen molar-refractivity contribution in [3.8, 4) is 0 Å². The van der Waals surface area contributed by atoms with Gasteiger partial charge in [0.2, 0.25) is 0 Å². The van der Waals surface area contributed by atoms with Gasteiger partial charge in [0.1, 0.15) is 11.4 Å². The second kappa shape index (κ2) is 9.02. The average Bonchev–Trinajstić information content (AvgIpc) is 3.20. The van der Waals surface area contributed by atoms with E-state index in [4.69, 9.17) is 5.10 Å². The number of halogens is 3. The number of rotatable bonds is 5. The molecule has 3 aromatic rings. The molecule has 6 nitrogen and oxygen atoms in total. The minimum atomic E-state index is -4.65. The highest BCUT2D eigenvalue weighted by Crippen LogP contribution is 2.36. The highest BCUT2D eigenvalue weighted by atomic mass is 19.4. The summed E-state index contributed by atoms with van der Waals surface area (Å²) in [7, 11) is 0. The SMILES string of the molecule is CCC1CCC(n2cc3cc(NC(=O)c4cccc(C(F)(F)F)n4)c(C(C)(C)O)cc3n2)CC1. The van der Waals surface area contributed by atoms with Crippen molar-refractivity contribution in [2.24, 2.45) is 5.92 Å². The third kappa shape index (κ3) is 5.09. The molecule has 0 saturated heterocycles. The van der Waals surface area contributed by atoms with Crippen molar-refractivity contribution in [3.05, 3.63) is 53.5 Å². The molecular weight excluding hydrogens is 445 g/mol. The fraction of sp³-hybridized carbons (Fsp3) is 0.480. The molecule has 1 fully saturated rings. The van der Waals surface area contributed by atoms with Gasteiger partial charge in [0.05, 0.1) is 17.2 Å². The van der Waals surface area contributed by atoms with Gasteiger partial charge in [0, 0.05) is 22.8 Å². The maximum atomic E-state index is 13.0. The van der Waals surface area contributed by atoms with Crippen molar-refractivity contribution in [2.75, 3.05) is 5.32 Å². The molecule has 1 aromatic carbocycles. The molecule has 34 heavy (non-hydrogen) atoms. The van der Waals surface area contributed by atoms with Crippen LogP contribution < -0.4 is 5.32 Å². The Morgan fingerprint density at radius 3 is 2.50 bits per heavy atom. The minimum Gasteiger partial charge on any atom is -0.386 e. The molecule has 0 spiro atoms. The molecular formula is C25H29F3N4O2. The summed E-state index contributed by atoms with van der Waals surface area (Å²) in [6, 6.07) is 6.90. The highest BCUT2D eigenvalue weighted by Gasteiger charge is 2.33. The number of nitrogens with zero attached hydrogens (tertiary/aromatic N) is 3. The van der Waals surface area contributed by atoms with Crippen LogP contribution in [0.1, 0.15) is 80.7 Å². The Labute approximate surface area is 196 Å². The number of aromatic nitrogens is 3. The fourth-order valence-electron chi connectivity index (χ4n) is 4.61. The Bertz CT molecular complexity index is 1190. The standard InChI is InChI=1S/C25H29F3N4O2/c1-4-15-8-10-17(11-9-15)32-14-16-12-21(18(24(2,3)34)13-20(16)31-32)30-23(33)19-6-5-7-22(29-19)25(26,27)28/h5-7,12-15,17,34H,4,8-11H2,1-3H3,(H,30,33). The molecule has 1 saturated carbocycles. The number of hydrogen-bond acceptors (Lipinski definition) is 4. The predicted octanol–water partition coefficient (Wildman–Crippen LogP) is 6.07. The van der Waals surface area contributed by atoms with E-state index < -0.39 is 23.4 Å². The maximum absolute atomic E-state index is 13.0. The van der Waals surface area contributed by atoms with E-state index in [0.717, 1.165) is 49.1 Å². The van der Waals surface area contributed by atoms with Crippen LogP contribution in [0.5, 0.6) is 0 Å². The molecule has 9 heteroatoms. The fourth-order valence-corrected chi connectivity index (χ4v) is 4.61. The number of fused-ring (bicyclic) bond motifs is 1. The molecule has 1 aliphatic rings. The molecule has 4 rings (SSSR count). The summed E-state index contributed by atoms with van der Waals surface area (Å²) in [6.07, 6.45) is 2.89. The van der Waals surface area contributed by atoms with Gasteiger partial charge in [-0.3, -0.25) is 9.48 Å². The lowest BCUT2D eigenvalue weighted by atomic mass is 9.85. The van der Waals surface area contributed by atoms with Crippen LogP contribution in [-0.4, -0.2) is 25.8 Å². The number of carbonyl (C=O) groups excluding carboxylic acids is 1. The first-order valence-corrected chi connectivity index (χ1v) is 11.6. The lowest BCUT2D eigenvalue weighted by Crippen LogP contribution is -2.22. The highest BCUT2D eigenvalue weighted by molar-refractivity contribution is 6.04. The Balaban J connectivity index is 1.66. The van der Waals surface area contributed by atoms with Crippen LogP contribution >= 0.6 is 0 Å². The Kier molecular flexibility index (Phi) is 6.42. The zero-order valence-electron chi connectivity index (χ0n) is 19.5. The summed E-state index contributed by atoms with van der Waals surface area (Å²) in [5.74, 6) is -0.0319. The largest absolute Gasteiger partial charge is 0.433 e. The number of pyridine rings is 1. The van der Waals surface area contributed by atoms with E-state index in [2.05, 4.69) is 17.2 Å². The number of carbonyl (C=O) groups is 1. The summed E-state index contributed by atoms with van der Waals surface area (Å²) in [5.41, 5.74) is -1.41. The number of benzene rings is 1. The summed E-state index contributed by atoms with van der Waals surface area (Å²) in [5, 5.41) is 18.9. The number of anilines is 1. The van der Waals surface area contributed by atoms with E-state index in [9.17, 15) is 23.1 Å². The van der Waals surface area contributed by atoms with Crippen molar-refractivity contribution >= 4 is 22.5 Å². The number of amides is 1. The molecule has 2 N–H and O–H groups in total. The van der Waals surface area contributed by atoms with Crippen molar-refractivity contribution in [3.63, 3.8) is 0 Å². The molecule has 1 aliphatic carbocycles. The monoisotopic (exact) mass is 474 g/mol. The first-order chi connectivity index (χ1) is 16.0. The van der Waals surface area contributed by atoms with Gasteiger partial charge in [-0.25, -0.2) is 4.98 Å². The van der Waals surface area contributed by atoms with Crippen molar-refractivity contribution in [1.29, 1.82) is 0 Å². The quantitative estimate of drug-likeness (QED) is 0.470. The number of aliphatic hydroxyl groups is 1. The van der Waals surface area contributed by atoms with E-state index in [1.54, 1.807) is 26.0 Å².